The van der Waals surface area contributed by atoms with Crippen molar-refractivity contribution in [2.45, 2.75) is 32.5 Å². The maximum Gasteiger partial charge on any atom is 0.213 e. The highest BCUT2D eigenvalue weighted by Crippen LogP contribution is 2.24. The molecule has 0 aliphatic carbocycles. The predicted molar refractivity (Wildman–Crippen MR) is 90.9 cm³/mol. The molecule has 4 heterocycles. The van der Waals surface area contributed by atoms with Crippen LogP contribution in [0.2, 0.25) is 0 Å². The quantitative estimate of drug-likeness (QED) is 0.709. The van der Waals surface area contributed by atoms with E-state index >= 15 is 0 Å². The number of aryl methyl sites for hydroxylation is 2. The molecule has 4 rings (SSSR count). The van der Waals surface area contributed by atoms with Crippen molar-refractivity contribution in [1.82, 2.24) is 24.6 Å². The molecule has 0 amide bonds. The molecule has 7 heteroatoms. The average Bonchev–Trinajstić information content (AvgIpc) is 3.19. The van der Waals surface area contributed by atoms with Gasteiger partial charge in [0.1, 0.15) is 12.4 Å². The van der Waals surface area contributed by atoms with Crippen molar-refractivity contribution < 1.29 is 9.26 Å². The minimum atomic E-state index is 0.224. The fourth-order valence-electron chi connectivity index (χ4n) is 3.24. The summed E-state index contributed by atoms with van der Waals surface area (Å²) in [5.74, 6) is 1.47. The zero-order valence-electron chi connectivity index (χ0n) is 14.4. The minimum Gasteiger partial charge on any atom is -0.476 e. The minimum absolute atomic E-state index is 0.224. The summed E-state index contributed by atoms with van der Waals surface area (Å²) in [6.45, 7) is 3.96. The molecule has 3 aromatic rings. The van der Waals surface area contributed by atoms with E-state index in [1.807, 2.05) is 44.6 Å². The zero-order chi connectivity index (χ0) is 17.2. The fourth-order valence-corrected chi connectivity index (χ4v) is 3.24. The number of fused-ring (bicyclic) bond motifs is 1. The summed E-state index contributed by atoms with van der Waals surface area (Å²) in [6, 6.07) is 7.89. The molecule has 0 fully saturated rings. The van der Waals surface area contributed by atoms with Crippen molar-refractivity contribution in [3.63, 3.8) is 0 Å². The van der Waals surface area contributed by atoms with Gasteiger partial charge in [0.2, 0.25) is 5.88 Å². The molecule has 0 bridgehead atoms. The first-order chi connectivity index (χ1) is 12.2. The molecule has 130 valence electrons. The Kier molecular flexibility index (Phi) is 4.23. The molecule has 1 atom stereocenters. The second kappa shape index (κ2) is 6.68. The van der Waals surface area contributed by atoms with Crippen molar-refractivity contribution in [3.8, 4) is 5.88 Å². The largest absolute Gasteiger partial charge is 0.476 e. The third-order valence-electron chi connectivity index (χ3n) is 4.55. The van der Waals surface area contributed by atoms with Gasteiger partial charge in [0, 0.05) is 50.6 Å². The third-order valence-corrected chi connectivity index (χ3v) is 4.55. The number of hydrogen-bond donors (Lipinski definition) is 0. The highest BCUT2D eigenvalue weighted by molar-refractivity contribution is 5.19. The van der Waals surface area contributed by atoms with Crippen molar-refractivity contribution in [3.05, 3.63) is 59.6 Å². The van der Waals surface area contributed by atoms with Crippen LogP contribution in [0.25, 0.3) is 0 Å². The summed E-state index contributed by atoms with van der Waals surface area (Å²) in [7, 11) is 2.04. The van der Waals surface area contributed by atoms with Gasteiger partial charge >= 0.3 is 0 Å². The van der Waals surface area contributed by atoms with E-state index in [2.05, 4.69) is 24.6 Å². The smallest absolute Gasteiger partial charge is 0.213 e. The Morgan fingerprint density at radius 1 is 1.32 bits per heavy atom. The van der Waals surface area contributed by atoms with E-state index in [0.717, 1.165) is 30.1 Å². The van der Waals surface area contributed by atoms with Gasteiger partial charge < -0.3 is 13.8 Å². The molecule has 25 heavy (non-hydrogen) atoms. The Labute approximate surface area is 146 Å². The molecule has 1 aliphatic heterocycles. The van der Waals surface area contributed by atoms with Gasteiger partial charge in [-0.3, -0.25) is 4.90 Å². The molecule has 1 unspecified atom stereocenters. The number of nitrogens with zero attached hydrogens (tertiary/aromatic N) is 5. The Bertz CT molecular complexity index is 842. The lowest BCUT2D eigenvalue weighted by molar-refractivity contribution is 0.102. The van der Waals surface area contributed by atoms with Crippen molar-refractivity contribution >= 4 is 0 Å². The molecule has 0 spiro atoms. The summed E-state index contributed by atoms with van der Waals surface area (Å²) in [4.78, 5) is 11.1. The van der Waals surface area contributed by atoms with E-state index in [4.69, 9.17) is 9.26 Å². The van der Waals surface area contributed by atoms with Gasteiger partial charge in [-0.1, -0.05) is 11.2 Å². The Morgan fingerprint density at radius 3 is 3.00 bits per heavy atom. The molecule has 0 aromatic carbocycles. The van der Waals surface area contributed by atoms with Gasteiger partial charge in [-0.25, -0.2) is 9.97 Å². The van der Waals surface area contributed by atoms with Crippen molar-refractivity contribution in [2.24, 2.45) is 7.05 Å². The van der Waals surface area contributed by atoms with Crippen LogP contribution in [-0.4, -0.2) is 37.2 Å². The summed E-state index contributed by atoms with van der Waals surface area (Å²) in [5, 5.41) is 4.13. The van der Waals surface area contributed by atoms with E-state index in [-0.39, 0.29) is 6.04 Å². The van der Waals surface area contributed by atoms with Crippen LogP contribution >= 0.6 is 0 Å². The summed E-state index contributed by atoms with van der Waals surface area (Å²) < 4.78 is 13.2. The Morgan fingerprint density at radius 2 is 2.24 bits per heavy atom. The van der Waals surface area contributed by atoms with Gasteiger partial charge in [-0.15, -0.1) is 0 Å². The van der Waals surface area contributed by atoms with E-state index in [9.17, 15) is 0 Å². The van der Waals surface area contributed by atoms with Crippen LogP contribution in [0.15, 0.2) is 41.3 Å². The van der Waals surface area contributed by atoms with Crippen molar-refractivity contribution in [2.75, 3.05) is 6.61 Å². The van der Waals surface area contributed by atoms with E-state index in [0.29, 0.717) is 19.0 Å². The first-order valence-electron chi connectivity index (χ1n) is 8.38. The highest BCUT2D eigenvalue weighted by Gasteiger charge is 2.30. The standard InChI is InChI=1S/C18H21N5O2/c1-13-7-14(21-25-13)9-23-10-16-17(22(2)12-20-16)8-15(23)11-24-18-5-3-4-6-19-18/h3-7,12,15H,8-11H2,1-2H3. The topological polar surface area (TPSA) is 69.2 Å². The average molecular weight is 339 g/mol. The highest BCUT2D eigenvalue weighted by atomic mass is 16.5. The molecule has 0 N–H and O–H groups in total. The lowest BCUT2D eigenvalue weighted by Gasteiger charge is -2.34. The van der Waals surface area contributed by atoms with E-state index < -0.39 is 0 Å². The van der Waals surface area contributed by atoms with Gasteiger partial charge in [0.15, 0.2) is 0 Å². The normalized spacial score (nSPS) is 17.4. The number of imidazole rings is 1. The predicted octanol–water partition coefficient (Wildman–Crippen LogP) is 2.12. The summed E-state index contributed by atoms with van der Waals surface area (Å²) >= 11 is 0. The van der Waals surface area contributed by atoms with Crippen LogP contribution in [0, 0.1) is 6.92 Å². The molecule has 7 nitrogen and oxygen atoms in total. The van der Waals surface area contributed by atoms with Crippen LogP contribution in [0.5, 0.6) is 5.88 Å². The molecule has 3 aromatic heterocycles. The van der Waals surface area contributed by atoms with Crippen LogP contribution in [0.1, 0.15) is 22.8 Å². The number of pyridine rings is 1. The van der Waals surface area contributed by atoms with E-state index in [1.165, 1.54) is 5.69 Å². The van der Waals surface area contributed by atoms with Crippen LogP contribution in [-0.2, 0) is 26.6 Å². The monoisotopic (exact) mass is 339 g/mol. The second-order valence-electron chi connectivity index (χ2n) is 6.42. The number of hydrogen-bond acceptors (Lipinski definition) is 6. The maximum atomic E-state index is 5.92. The van der Waals surface area contributed by atoms with Crippen LogP contribution in [0.3, 0.4) is 0 Å². The Balaban J connectivity index is 1.52. The van der Waals surface area contributed by atoms with Crippen LogP contribution in [0.4, 0.5) is 0 Å². The number of ether oxygens (including phenoxy) is 1. The fraction of sp³-hybridized carbons (Fsp3) is 0.389. The van der Waals surface area contributed by atoms with Gasteiger partial charge in [0.05, 0.1) is 23.8 Å². The first kappa shape index (κ1) is 15.8. The second-order valence-corrected chi connectivity index (χ2v) is 6.42. The number of rotatable bonds is 5. The van der Waals surface area contributed by atoms with Gasteiger partial charge in [-0.05, 0) is 13.0 Å². The lowest BCUT2D eigenvalue weighted by atomic mass is 10.0. The molecule has 0 saturated heterocycles. The van der Waals surface area contributed by atoms with Gasteiger partial charge in [0.25, 0.3) is 0 Å². The lowest BCUT2D eigenvalue weighted by Crippen LogP contribution is -2.44. The van der Waals surface area contributed by atoms with Crippen molar-refractivity contribution in [1.29, 1.82) is 0 Å². The number of aromatic nitrogens is 4. The SMILES string of the molecule is Cc1cc(CN2Cc3ncn(C)c3CC2COc2ccccn2)no1. The molecular formula is C18H21N5O2. The summed E-state index contributed by atoms with van der Waals surface area (Å²) in [6.07, 6.45) is 4.51. The summed E-state index contributed by atoms with van der Waals surface area (Å²) in [5.41, 5.74) is 3.32. The van der Waals surface area contributed by atoms with Crippen LogP contribution < -0.4 is 4.74 Å². The Hall–Kier alpha value is -2.67. The molecule has 1 aliphatic rings. The molecule has 0 radical (unpaired) electrons. The molecule has 0 saturated carbocycles. The maximum absolute atomic E-state index is 5.92. The van der Waals surface area contributed by atoms with Gasteiger partial charge in [-0.2, -0.15) is 0 Å². The third kappa shape index (κ3) is 3.41. The molecular weight excluding hydrogens is 318 g/mol. The zero-order valence-corrected chi connectivity index (χ0v) is 14.4. The first-order valence-corrected chi connectivity index (χ1v) is 8.38. The van der Waals surface area contributed by atoms with E-state index in [1.54, 1.807) is 6.20 Å².